The Bertz CT molecular complexity index is 465. The van der Waals surface area contributed by atoms with Crippen LogP contribution in [0.1, 0.15) is 77.0 Å². The van der Waals surface area contributed by atoms with Gasteiger partial charge in [0.2, 0.25) is 0 Å². The van der Waals surface area contributed by atoms with E-state index in [9.17, 15) is 9.90 Å². The highest BCUT2D eigenvalue weighted by molar-refractivity contribution is 5.69. The van der Waals surface area contributed by atoms with Crippen LogP contribution in [0.15, 0.2) is 24.3 Å². The van der Waals surface area contributed by atoms with Crippen molar-refractivity contribution in [2.45, 2.75) is 83.2 Å². The van der Waals surface area contributed by atoms with Gasteiger partial charge in [0.1, 0.15) is 19.3 Å². The van der Waals surface area contributed by atoms with Crippen LogP contribution in [0.25, 0.3) is 0 Å². The monoisotopic (exact) mass is 394 g/mol. The molecular weight excluding hydrogens is 350 g/mol. The number of nitrogens with zero attached hydrogens (tertiary/aromatic N) is 1. The van der Waals surface area contributed by atoms with Crippen LogP contribution >= 0.6 is 0 Å². The molecule has 0 amide bonds. The van der Waals surface area contributed by atoms with Crippen LogP contribution in [0.4, 0.5) is 0 Å². The number of rotatable bonds is 16. The maximum Gasteiger partial charge on any atom is 0.305 e. The predicted octanol–water partition coefficient (Wildman–Crippen LogP) is 5.02. The summed E-state index contributed by atoms with van der Waals surface area (Å²) in [6, 6.07) is 0. The van der Waals surface area contributed by atoms with E-state index < -0.39 is 6.10 Å². The minimum absolute atomic E-state index is 0.103. The van der Waals surface area contributed by atoms with Gasteiger partial charge in [-0.25, -0.2) is 0 Å². The SMILES string of the molecule is C[N+](C)(C)CC(O)COC(=O)CCCCC=CCCCCCC[C@H]1C=CCC1. The second kappa shape index (κ2) is 14.8. The Balaban J connectivity index is 1.85. The van der Waals surface area contributed by atoms with Crippen LogP contribution in [0.5, 0.6) is 0 Å². The van der Waals surface area contributed by atoms with Crippen molar-refractivity contribution in [3.05, 3.63) is 24.3 Å². The minimum atomic E-state index is -0.591. The fourth-order valence-corrected chi connectivity index (χ4v) is 3.67. The van der Waals surface area contributed by atoms with E-state index in [2.05, 4.69) is 24.3 Å². The van der Waals surface area contributed by atoms with Crippen molar-refractivity contribution in [1.29, 1.82) is 0 Å². The number of carbonyl (C=O) groups excluding carboxylic acids is 1. The third-order valence-corrected chi connectivity index (χ3v) is 5.17. The van der Waals surface area contributed by atoms with Crippen molar-refractivity contribution in [3.63, 3.8) is 0 Å². The van der Waals surface area contributed by atoms with Gasteiger partial charge in [-0.3, -0.25) is 4.79 Å². The fraction of sp³-hybridized carbons (Fsp3) is 0.792. The number of likely N-dealkylation sites (N-methyl/N-ethyl adjacent to an activating group) is 1. The van der Waals surface area contributed by atoms with Gasteiger partial charge in [-0.2, -0.15) is 0 Å². The number of hydrogen-bond acceptors (Lipinski definition) is 3. The Kier molecular flexibility index (Phi) is 13.2. The summed E-state index contributed by atoms with van der Waals surface area (Å²) in [5.41, 5.74) is 0. The molecule has 162 valence electrons. The molecule has 4 heteroatoms. The molecule has 0 radical (unpaired) electrons. The van der Waals surface area contributed by atoms with E-state index in [-0.39, 0.29) is 12.6 Å². The van der Waals surface area contributed by atoms with Crippen LogP contribution in [0, 0.1) is 5.92 Å². The standard InChI is InChI=1S/C24H44NO3/c1-25(2,3)20-23(26)21-28-24(27)19-13-11-9-7-5-4-6-8-10-12-16-22-17-14-15-18-22/h5,7,14,17,22-23,26H,4,6,8-13,15-16,18-21H2,1-3H3/q+1/t22-,23?/m0/s1. The normalized spacial score (nSPS) is 18.1. The molecule has 0 fully saturated rings. The molecule has 0 aliphatic heterocycles. The molecule has 0 aromatic heterocycles. The molecular formula is C24H44NO3+. The van der Waals surface area contributed by atoms with E-state index in [0.29, 0.717) is 17.4 Å². The predicted molar refractivity (Wildman–Crippen MR) is 117 cm³/mol. The first-order chi connectivity index (χ1) is 13.4. The number of carbonyl (C=O) groups is 1. The third kappa shape index (κ3) is 14.9. The molecule has 28 heavy (non-hydrogen) atoms. The van der Waals surface area contributed by atoms with E-state index in [0.717, 1.165) is 25.2 Å². The summed E-state index contributed by atoms with van der Waals surface area (Å²) >= 11 is 0. The smallest absolute Gasteiger partial charge is 0.305 e. The summed E-state index contributed by atoms with van der Waals surface area (Å²) < 4.78 is 5.81. The fourth-order valence-electron chi connectivity index (χ4n) is 3.67. The molecule has 1 unspecified atom stereocenters. The Morgan fingerprint density at radius 1 is 1.11 bits per heavy atom. The zero-order valence-electron chi connectivity index (χ0n) is 18.6. The van der Waals surface area contributed by atoms with Crippen molar-refractivity contribution >= 4 is 5.97 Å². The number of esters is 1. The quantitative estimate of drug-likeness (QED) is 0.173. The lowest BCUT2D eigenvalue weighted by Gasteiger charge is -2.26. The second-order valence-corrected chi connectivity index (χ2v) is 9.28. The first-order valence-electron chi connectivity index (χ1n) is 11.3. The lowest BCUT2D eigenvalue weighted by Crippen LogP contribution is -2.43. The zero-order valence-corrected chi connectivity index (χ0v) is 18.6. The Hall–Kier alpha value is -1.13. The van der Waals surface area contributed by atoms with Gasteiger partial charge in [0.15, 0.2) is 0 Å². The molecule has 0 heterocycles. The molecule has 2 atom stereocenters. The molecule has 1 aliphatic carbocycles. The zero-order chi connectivity index (χ0) is 20.7. The van der Waals surface area contributed by atoms with Gasteiger partial charge in [0.05, 0.1) is 21.1 Å². The molecule has 1 N–H and O–H groups in total. The number of aliphatic hydroxyl groups excluding tert-OH is 1. The first kappa shape index (κ1) is 24.9. The summed E-state index contributed by atoms with van der Waals surface area (Å²) in [6.07, 6.45) is 22.6. The van der Waals surface area contributed by atoms with Gasteiger partial charge in [-0.15, -0.1) is 0 Å². The maximum absolute atomic E-state index is 11.7. The van der Waals surface area contributed by atoms with Gasteiger partial charge >= 0.3 is 5.97 Å². The van der Waals surface area contributed by atoms with Gasteiger partial charge < -0.3 is 14.3 Å². The number of aliphatic hydroxyl groups is 1. The van der Waals surface area contributed by atoms with E-state index in [1.54, 1.807) is 0 Å². The molecule has 1 rings (SSSR count). The number of allylic oxidation sites excluding steroid dienone is 4. The van der Waals surface area contributed by atoms with Gasteiger partial charge in [0.25, 0.3) is 0 Å². The van der Waals surface area contributed by atoms with Gasteiger partial charge in [0, 0.05) is 6.42 Å². The Labute approximate surface area is 173 Å². The molecule has 4 nitrogen and oxygen atoms in total. The molecule has 1 aliphatic rings. The molecule has 0 aromatic carbocycles. The highest BCUT2D eigenvalue weighted by Crippen LogP contribution is 2.23. The van der Waals surface area contributed by atoms with E-state index in [1.165, 1.54) is 51.4 Å². The maximum atomic E-state index is 11.7. The Morgan fingerprint density at radius 3 is 2.43 bits per heavy atom. The lowest BCUT2D eigenvalue weighted by molar-refractivity contribution is -0.873. The van der Waals surface area contributed by atoms with Crippen LogP contribution in [-0.4, -0.2) is 56.0 Å². The molecule has 0 saturated heterocycles. The van der Waals surface area contributed by atoms with Crippen molar-refractivity contribution in [2.24, 2.45) is 5.92 Å². The molecule has 0 bridgehead atoms. The van der Waals surface area contributed by atoms with Crippen molar-refractivity contribution in [2.75, 3.05) is 34.3 Å². The average molecular weight is 395 g/mol. The number of quaternary nitrogens is 1. The number of unbranched alkanes of at least 4 members (excludes halogenated alkanes) is 6. The van der Waals surface area contributed by atoms with Crippen molar-refractivity contribution in [1.82, 2.24) is 0 Å². The van der Waals surface area contributed by atoms with Crippen LogP contribution < -0.4 is 0 Å². The van der Waals surface area contributed by atoms with Crippen LogP contribution in [-0.2, 0) is 9.53 Å². The summed E-state index contributed by atoms with van der Waals surface area (Å²) in [7, 11) is 6.02. The largest absolute Gasteiger partial charge is 0.463 e. The summed E-state index contributed by atoms with van der Waals surface area (Å²) in [5, 5.41) is 9.84. The van der Waals surface area contributed by atoms with E-state index in [4.69, 9.17) is 4.74 Å². The first-order valence-corrected chi connectivity index (χ1v) is 11.3. The number of hydrogen-bond donors (Lipinski definition) is 1. The van der Waals surface area contributed by atoms with E-state index in [1.807, 2.05) is 21.1 Å². The summed E-state index contributed by atoms with van der Waals surface area (Å²) in [6.45, 7) is 0.682. The average Bonchev–Trinajstić information content (AvgIpc) is 3.13. The molecule has 0 aromatic rings. The topological polar surface area (TPSA) is 46.5 Å². The Morgan fingerprint density at radius 2 is 1.79 bits per heavy atom. The molecule has 0 saturated carbocycles. The summed E-state index contributed by atoms with van der Waals surface area (Å²) in [5.74, 6) is 0.669. The highest BCUT2D eigenvalue weighted by Gasteiger charge is 2.17. The van der Waals surface area contributed by atoms with Gasteiger partial charge in [-0.05, 0) is 57.3 Å². The van der Waals surface area contributed by atoms with Crippen LogP contribution in [0.2, 0.25) is 0 Å². The van der Waals surface area contributed by atoms with E-state index >= 15 is 0 Å². The number of ether oxygens (including phenoxy) is 1. The summed E-state index contributed by atoms with van der Waals surface area (Å²) in [4.78, 5) is 11.7. The van der Waals surface area contributed by atoms with Crippen molar-refractivity contribution in [3.8, 4) is 0 Å². The highest BCUT2D eigenvalue weighted by atomic mass is 16.5. The second-order valence-electron chi connectivity index (χ2n) is 9.28. The molecule has 0 spiro atoms. The lowest BCUT2D eigenvalue weighted by atomic mass is 10.00. The van der Waals surface area contributed by atoms with Crippen molar-refractivity contribution < 1.29 is 19.1 Å². The van der Waals surface area contributed by atoms with Gasteiger partial charge in [-0.1, -0.05) is 43.6 Å². The minimum Gasteiger partial charge on any atom is -0.463 e. The van der Waals surface area contributed by atoms with Crippen LogP contribution in [0.3, 0.4) is 0 Å². The third-order valence-electron chi connectivity index (χ3n) is 5.17.